The number of hydrogen-bond acceptors (Lipinski definition) is 5. The summed E-state index contributed by atoms with van der Waals surface area (Å²) in [6.07, 6.45) is 2.54. The van der Waals surface area contributed by atoms with E-state index in [1.165, 1.54) is 18.2 Å². The van der Waals surface area contributed by atoms with Crippen molar-refractivity contribution in [1.82, 2.24) is 0 Å². The number of carbonyl (C=O) groups is 2. The third-order valence-electron chi connectivity index (χ3n) is 4.36. The van der Waals surface area contributed by atoms with Gasteiger partial charge in [-0.15, -0.1) is 0 Å². The van der Waals surface area contributed by atoms with Crippen LogP contribution in [0.5, 0.6) is 0 Å². The molecule has 0 heterocycles. The van der Waals surface area contributed by atoms with Gasteiger partial charge in [-0.05, 0) is 17.9 Å². The SMILES string of the molecule is C=CCOC(=O)C(c1ccc([N+](=O)[O-])cc1)C1CCC(=O)C1C. The van der Waals surface area contributed by atoms with Crippen molar-refractivity contribution in [3.05, 3.63) is 52.6 Å². The summed E-state index contributed by atoms with van der Waals surface area (Å²) in [6.45, 7) is 5.43. The molecule has 1 fully saturated rings. The van der Waals surface area contributed by atoms with Crippen molar-refractivity contribution in [2.75, 3.05) is 6.61 Å². The van der Waals surface area contributed by atoms with Crippen LogP contribution < -0.4 is 0 Å². The molecule has 1 aliphatic carbocycles. The van der Waals surface area contributed by atoms with Gasteiger partial charge in [0.05, 0.1) is 10.8 Å². The number of Topliss-reactive ketones (excluding diaryl/α,β-unsaturated/α-hetero) is 1. The normalized spacial score (nSPS) is 21.7. The summed E-state index contributed by atoms with van der Waals surface area (Å²) in [6, 6.07) is 5.86. The van der Waals surface area contributed by atoms with E-state index in [-0.39, 0.29) is 29.9 Å². The molecular weight excluding hydrogens is 298 g/mol. The first-order chi connectivity index (χ1) is 11.0. The van der Waals surface area contributed by atoms with E-state index < -0.39 is 16.8 Å². The van der Waals surface area contributed by atoms with E-state index in [2.05, 4.69) is 6.58 Å². The lowest BCUT2D eigenvalue weighted by atomic mass is 9.80. The third-order valence-corrected chi connectivity index (χ3v) is 4.36. The lowest BCUT2D eigenvalue weighted by Crippen LogP contribution is -2.27. The monoisotopic (exact) mass is 317 g/mol. The smallest absolute Gasteiger partial charge is 0.314 e. The highest BCUT2D eigenvalue weighted by molar-refractivity contribution is 5.86. The van der Waals surface area contributed by atoms with Gasteiger partial charge < -0.3 is 4.74 Å². The molecule has 6 heteroatoms. The number of hydrogen-bond donors (Lipinski definition) is 0. The van der Waals surface area contributed by atoms with Gasteiger partial charge in [0.15, 0.2) is 0 Å². The molecule has 0 spiro atoms. The van der Waals surface area contributed by atoms with Crippen LogP contribution in [-0.2, 0) is 14.3 Å². The van der Waals surface area contributed by atoms with Crippen molar-refractivity contribution in [3.63, 3.8) is 0 Å². The topological polar surface area (TPSA) is 86.5 Å². The lowest BCUT2D eigenvalue weighted by Gasteiger charge is -2.24. The zero-order valence-corrected chi connectivity index (χ0v) is 12.9. The van der Waals surface area contributed by atoms with Gasteiger partial charge in [0.25, 0.3) is 5.69 Å². The Bertz CT molecular complexity index is 622. The van der Waals surface area contributed by atoms with Gasteiger partial charge in [0, 0.05) is 24.5 Å². The van der Waals surface area contributed by atoms with Crippen molar-refractivity contribution in [2.45, 2.75) is 25.7 Å². The molecule has 0 radical (unpaired) electrons. The van der Waals surface area contributed by atoms with Crippen LogP contribution in [-0.4, -0.2) is 23.3 Å². The minimum Gasteiger partial charge on any atom is -0.461 e. The van der Waals surface area contributed by atoms with Crippen LogP contribution >= 0.6 is 0 Å². The summed E-state index contributed by atoms with van der Waals surface area (Å²) in [7, 11) is 0. The third kappa shape index (κ3) is 3.64. The van der Waals surface area contributed by atoms with Crippen LogP contribution in [0.15, 0.2) is 36.9 Å². The van der Waals surface area contributed by atoms with Gasteiger partial charge in [-0.25, -0.2) is 0 Å². The standard InChI is InChI=1S/C17H19NO5/c1-3-10-23-17(20)16(14-8-9-15(19)11(14)2)12-4-6-13(7-5-12)18(21)22/h3-7,11,14,16H,1,8-10H2,2H3. The number of esters is 1. The second-order valence-electron chi connectivity index (χ2n) is 5.70. The first kappa shape index (κ1) is 16.9. The summed E-state index contributed by atoms with van der Waals surface area (Å²) < 4.78 is 5.18. The number of ether oxygens (including phenoxy) is 1. The predicted octanol–water partition coefficient (Wildman–Crippen LogP) is 3.02. The van der Waals surface area contributed by atoms with Gasteiger partial charge in [-0.3, -0.25) is 19.7 Å². The fraction of sp³-hybridized carbons (Fsp3) is 0.412. The molecular formula is C17H19NO5. The molecule has 3 unspecified atom stereocenters. The van der Waals surface area contributed by atoms with Crippen molar-refractivity contribution < 1.29 is 19.2 Å². The van der Waals surface area contributed by atoms with Gasteiger partial charge in [0.2, 0.25) is 0 Å². The molecule has 1 aromatic rings. The molecule has 23 heavy (non-hydrogen) atoms. The fourth-order valence-electron chi connectivity index (χ4n) is 3.07. The van der Waals surface area contributed by atoms with Crippen LogP contribution in [0.2, 0.25) is 0 Å². The van der Waals surface area contributed by atoms with E-state index in [4.69, 9.17) is 4.74 Å². The molecule has 1 saturated carbocycles. The van der Waals surface area contributed by atoms with E-state index >= 15 is 0 Å². The molecule has 0 N–H and O–H groups in total. The second-order valence-corrected chi connectivity index (χ2v) is 5.70. The van der Waals surface area contributed by atoms with E-state index in [0.717, 1.165) is 0 Å². The number of non-ortho nitro benzene ring substituents is 1. The fourth-order valence-corrected chi connectivity index (χ4v) is 3.07. The molecule has 2 rings (SSSR count). The van der Waals surface area contributed by atoms with E-state index in [1.807, 2.05) is 6.92 Å². The maximum absolute atomic E-state index is 12.4. The van der Waals surface area contributed by atoms with Crippen LogP contribution in [0.3, 0.4) is 0 Å². The maximum Gasteiger partial charge on any atom is 0.314 e. The minimum atomic E-state index is -0.600. The number of benzene rings is 1. The number of nitrogens with zero attached hydrogens (tertiary/aromatic N) is 1. The molecule has 1 aromatic carbocycles. The van der Waals surface area contributed by atoms with Gasteiger partial charge >= 0.3 is 5.97 Å². The Morgan fingerprint density at radius 2 is 2.13 bits per heavy atom. The number of nitro groups is 1. The Balaban J connectivity index is 2.32. The Hall–Kier alpha value is -2.50. The first-order valence-corrected chi connectivity index (χ1v) is 7.50. The predicted molar refractivity (Wildman–Crippen MR) is 83.9 cm³/mol. The zero-order chi connectivity index (χ0) is 17.0. The van der Waals surface area contributed by atoms with Crippen LogP contribution in [0.1, 0.15) is 31.2 Å². The van der Waals surface area contributed by atoms with Crippen molar-refractivity contribution in [3.8, 4) is 0 Å². The van der Waals surface area contributed by atoms with Crippen LogP contribution in [0.25, 0.3) is 0 Å². The average molecular weight is 317 g/mol. The van der Waals surface area contributed by atoms with Gasteiger partial charge in [-0.2, -0.15) is 0 Å². The number of carbonyl (C=O) groups excluding carboxylic acids is 2. The van der Waals surface area contributed by atoms with E-state index in [0.29, 0.717) is 18.4 Å². The molecule has 122 valence electrons. The van der Waals surface area contributed by atoms with E-state index in [9.17, 15) is 19.7 Å². The Morgan fingerprint density at radius 3 is 2.61 bits per heavy atom. The largest absolute Gasteiger partial charge is 0.461 e. The van der Waals surface area contributed by atoms with Gasteiger partial charge in [0.1, 0.15) is 12.4 Å². The molecule has 6 nitrogen and oxygen atoms in total. The zero-order valence-electron chi connectivity index (χ0n) is 12.9. The Labute approximate surface area is 134 Å². The quantitative estimate of drug-likeness (QED) is 0.348. The highest BCUT2D eigenvalue weighted by atomic mass is 16.6. The van der Waals surface area contributed by atoms with Crippen LogP contribution in [0.4, 0.5) is 5.69 Å². The molecule has 3 atom stereocenters. The van der Waals surface area contributed by atoms with E-state index in [1.54, 1.807) is 12.1 Å². The summed E-state index contributed by atoms with van der Waals surface area (Å²) in [5.41, 5.74) is 0.596. The number of nitro benzene ring substituents is 1. The average Bonchev–Trinajstić information content (AvgIpc) is 2.86. The Kier molecular flexibility index (Phi) is 5.26. The number of rotatable bonds is 6. The molecule has 0 amide bonds. The molecule has 0 aliphatic heterocycles. The van der Waals surface area contributed by atoms with Crippen LogP contribution in [0, 0.1) is 22.0 Å². The summed E-state index contributed by atoms with van der Waals surface area (Å²) >= 11 is 0. The lowest BCUT2D eigenvalue weighted by molar-refractivity contribution is -0.384. The molecule has 0 saturated heterocycles. The summed E-state index contributed by atoms with van der Waals surface area (Å²) in [5.74, 6) is -1.27. The van der Waals surface area contributed by atoms with Gasteiger partial charge in [-0.1, -0.05) is 31.7 Å². The molecule has 1 aliphatic rings. The maximum atomic E-state index is 12.4. The Morgan fingerprint density at radius 1 is 1.48 bits per heavy atom. The first-order valence-electron chi connectivity index (χ1n) is 7.50. The molecule has 0 aromatic heterocycles. The van der Waals surface area contributed by atoms with Crippen molar-refractivity contribution in [1.29, 1.82) is 0 Å². The highest BCUT2D eigenvalue weighted by Gasteiger charge is 2.41. The summed E-state index contributed by atoms with van der Waals surface area (Å²) in [5, 5.41) is 10.8. The summed E-state index contributed by atoms with van der Waals surface area (Å²) in [4.78, 5) is 34.6. The second kappa shape index (κ2) is 7.17. The highest BCUT2D eigenvalue weighted by Crippen LogP contribution is 2.40. The molecule has 0 bridgehead atoms. The van der Waals surface area contributed by atoms with Crippen molar-refractivity contribution in [2.24, 2.45) is 11.8 Å². The minimum absolute atomic E-state index is 0.0393. The van der Waals surface area contributed by atoms with Crippen molar-refractivity contribution >= 4 is 17.4 Å². The number of ketones is 1.